The molecule has 0 amide bonds. The van der Waals surface area contributed by atoms with Gasteiger partial charge in [-0.05, 0) is 18.1 Å². The molecule has 1 aliphatic rings. The van der Waals surface area contributed by atoms with Gasteiger partial charge in [-0.3, -0.25) is 13.9 Å². The molecule has 1 N–H and O–H groups in total. The molecule has 0 fully saturated rings. The summed E-state index contributed by atoms with van der Waals surface area (Å²) in [5, 5.41) is 12.4. The van der Waals surface area contributed by atoms with E-state index in [0.717, 1.165) is 11.6 Å². The van der Waals surface area contributed by atoms with Gasteiger partial charge in [0.05, 0.1) is 11.6 Å². The van der Waals surface area contributed by atoms with Crippen molar-refractivity contribution in [3.8, 4) is 6.07 Å². The second kappa shape index (κ2) is 5.49. The molecule has 0 spiro atoms. The molecule has 136 valence electrons. The number of nitrogens with zero attached hydrogens (tertiary/aromatic N) is 3. The van der Waals surface area contributed by atoms with Gasteiger partial charge in [0, 0.05) is 25.3 Å². The Kier molecular flexibility index (Phi) is 3.76. The number of aryl methyl sites for hydroxylation is 1. The molecule has 0 aliphatic carbocycles. The molecule has 0 saturated heterocycles. The van der Waals surface area contributed by atoms with Gasteiger partial charge < -0.3 is 5.32 Å². The molecule has 3 rings (SSSR count). The Hall–Kier alpha value is -3.02. The van der Waals surface area contributed by atoms with Crippen LogP contribution in [0.5, 0.6) is 0 Å². The van der Waals surface area contributed by atoms with E-state index in [2.05, 4.69) is 5.32 Å². The summed E-state index contributed by atoms with van der Waals surface area (Å²) in [4.78, 5) is 24.8. The van der Waals surface area contributed by atoms with E-state index in [1.807, 2.05) is 0 Å². The van der Waals surface area contributed by atoms with Crippen LogP contribution in [0.4, 0.5) is 24.7 Å². The number of hydrogen-bond acceptors (Lipinski definition) is 4. The van der Waals surface area contributed by atoms with Gasteiger partial charge in [0.1, 0.15) is 5.82 Å². The summed E-state index contributed by atoms with van der Waals surface area (Å²) in [6.07, 6.45) is -4.60. The summed E-state index contributed by atoms with van der Waals surface area (Å²) in [5.74, 6) is -0.325. The smallest absolute Gasteiger partial charge is 0.341 e. The van der Waals surface area contributed by atoms with Crippen LogP contribution >= 0.6 is 0 Å². The molecule has 6 nitrogen and oxygen atoms in total. The van der Waals surface area contributed by atoms with E-state index in [9.17, 15) is 28.0 Å². The van der Waals surface area contributed by atoms with Gasteiger partial charge in [-0.25, -0.2) is 4.79 Å². The van der Waals surface area contributed by atoms with Crippen LogP contribution in [0.1, 0.15) is 23.6 Å². The number of hydrogen-bond donors (Lipinski definition) is 1. The highest BCUT2D eigenvalue weighted by Gasteiger charge is 2.63. The number of benzene rings is 1. The van der Waals surface area contributed by atoms with Gasteiger partial charge in [0.2, 0.25) is 5.41 Å². The molecule has 0 bridgehead atoms. The fourth-order valence-corrected chi connectivity index (χ4v) is 3.30. The SMILES string of the molecule is CCc1ccc2c(c1)C(C#N)(C(F)(F)F)c1c(n(C)c(=O)n(C)c1=O)N2. The number of nitriles is 1. The zero-order chi connectivity index (χ0) is 19.4. The number of nitrogens with one attached hydrogen (secondary N) is 1. The predicted molar refractivity (Wildman–Crippen MR) is 88.5 cm³/mol. The maximum atomic E-state index is 14.2. The highest BCUT2D eigenvalue weighted by atomic mass is 19.4. The van der Waals surface area contributed by atoms with E-state index in [4.69, 9.17) is 0 Å². The maximum absolute atomic E-state index is 14.2. The molecule has 1 atom stereocenters. The van der Waals surface area contributed by atoms with Crippen LogP contribution in [-0.4, -0.2) is 15.3 Å². The van der Waals surface area contributed by atoms with Crippen LogP contribution in [0.25, 0.3) is 0 Å². The van der Waals surface area contributed by atoms with Gasteiger partial charge in [0.15, 0.2) is 0 Å². The summed E-state index contributed by atoms with van der Waals surface area (Å²) in [6.45, 7) is 1.77. The molecule has 2 heterocycles. The first-order chi connectivity index (χ1) is 12.1. The number of anilines is 2. The lowest BCUT2D eigenvalue weighted by Gasteiger charge is -2.37. The van der Waals surface area contributed by atoms with Crippen molar-refractivity contribution in [2.24, 2.45) is 14.1 Å². The van der Waals surface area contributed by atoms with Crippen LogP contribution in [-0.2, 0) is 25.9 Å². The number of fused-ring (bicyclic) bond motifs is 2. The van der Waals surface area contributed by atoms with Gasteiger partial charge in [-0.2, -0.15) is 18.4 Å². The van der Waals surface area contributed by atoms with Crippen LogP contribution in [0.15, 0.2) is 27.8 Å². The van der Waals surface area contributed by atoms with Crippen molar-refractivity contribution in [3.05, 3.63) is 55.7 Å². The number of rotatable bonds is 1. The third-order valence-electron chi connectivity index (χ3n) is 4.78. The quantitative estimate of drug-likeness (QED) is 0.840. The van der Waals surface area contributed by atoms with Gasteiger partial charge in [-0.15, -0.1) is 0 Å². The third kappa shape index (κ3) is 2.05. The highest BCUT2D eigenvalue weighted by Crippen LogP contribution is 2.52. The minimum Gasteiger partial charge on any atom is -0.341 e. The molecular formula is C17H15F3N4O2. The van der Waals surface area contributed by atoms with Crippen LogP contribution in [0, 0.1) is 11.3 Å². The minimum atomic E-state index is -5.07. The van der Waals surface area contributed by atoms with Crippen molar-refractivity contribution in [1.82, 2.24) is 9.13 Å². The molecule has 2 aromatic rings. The van der Waals surface area contributed by atoms with E-state index in [1.54, 1.807) is 13.0 Å². The maximum Gasteiger partial charge on any atom is 0.415 e. The minimum absolute atomic E-state index is 0.0387. The fraction of sp³-hybridized carbons (Fsp3) is 0.353. The van der Waals surface area contributed by atoms with Crippen molar-refractivity contribution in [1.29, 1.82) is 5.26 Å². The normalized spacial score (nSPS) is 18.5. The van der Waals surface area contributed by atoms with E-state index < -0.39 is 28.4 Å². The summed E-state index contributed by atoms with van der Waals surface area (Å²) in [7, 11) is 2.33. The highest BCUT2D eigenvalue weighted by molar-refractivity contribution is 5.76. The van der Waals surface area contributed by atoms with E-state index >= 15 is 0 Å². The van der Waals surface area contributed by atoms with Crippen LogP contribution in [0.2, 0.25) is 0 Å². The van der Waals surface area contributed by atoms with Crippen molar-refractivity contribution < 1.29 is 13.2 Å². The molecule has 9 heteroatoms. The average molecular weight is 364 g/mol. The Morgan fingerprint density at radius 2 is 1.88 bits per heavy atom. The van der Waals surface area contributed by atoms with Crippen molar-refractivity contribution in [2.45, 2.75) is 24.9 Å². The van der Waals surface area contributed by atoms with Crippen LogP contribution < -0.4 is 16.6 Å². The standard InChI is InChI=1S/C17H15F3N4O2/c1-4-9-5-6-11-10(7-9)16(8-21,17(18,19)20)12-13(22-11)23(2)15(26)24(3)14(12)25/h5-7,22H,4H2,1-3H3. The number of halogens is 3. The largest absolute Gasteiger partial charge is 0.415 e. The van der Waals surface area contributed by atoms with E-state index in [-0.39, 0.29) is 17.1 Å². The Labute approximate surface area is 146 Å². The lowest BCUT2D eigenvalue weighted by molar-refractivity contribution is -0.162. The lowest BCUT2D eigenvalue weighted by atomic mass is 9.72. The topological polar surface area (TPSA) is 79.8 Å². The van der Waals surface area contributed by atoms with Crippen LogP contribution in [0.3, 0.4) is 0 Å². The first-order valence-corrected chi connectivity index (χ1v) is 7.79. The van der Waals surface area contributed by atoms with Gasteiger partial charge in [0.25, 0.3) is 5.56 Å². The average Bonchev–Trinajstić information content (AvgIpc) is 2.61. The van der Waals surface area contributed by atoms with Gasteiger partial charge >= 0.3 is 11.9 Å². The molecule has 1 aromatic carbocycles. The Morgan fingerprint density at radius 1 is 1.23 bits per heavy atom. The first-order valence-electron chi connectivity index (χ1n) is 7.79. The second-order valence-electron chi connectivity index (χ2n) is 6.15. The number of aromatic nitrogens is 2. The first kappa shape index (κ1) is 17.8. The second-order valence-corrected chi connectivity index (χ2v) is 6.15. The Balaban J connectivity index is 2.59. The molecular weight excluding hydrogens is 349 g/mol. The summed E-state index contributed by atoms with van der Waals surface area (Å²) < 4.78 is 44.2. The monoisotopic (exact) mass is 364 g/mol. The molecule has 1 aromatic heterocycles. The molecule has 26 heavy (non-hydrogen) atoms. The zero-order valence-corrected chi connectivity index (χ0v) is 14.2. The van der Waals surface area contributed by atoms with E-state index in [0.29, 0.717) is 16.6 Å². The summed E-state index contributed by atoms with van der Waals surface area (Å²) >= 11 is 0. The van der Waals surface area contributed by atoms with Gasteiger partial charge in [-0.1, -0.05) is 19.1 Å². The predicted octanol–water partition coefficient (Wildman–Crippen LogP) is 2.08. The van der Waals surface area contributed by atoms with Crippen molar-refractivity contribution in [3.63, 3.8) is 0 Å². The van der Waals surface area contributed by atoms with Crippen molar-refractivity contribution in [2.75, 3.05) is 5.32 Å². The molecule has 0 saturated carbocycles. The molecule has 0 radical (unpaired) electrons. The lowest BCUT2D eigenvalue weighted by Crippen LogP contribution is -2.53. The fourth-order valence-electron chi connectivity index (χ4n) is 3.30. The number of alkyl halides is 3. The Bertz CT molecular complexity index is 1080. The van der Waals surface area contributed by atoms with Crippen molar-refractivity contribution >= 4 is 11.5 Å². The zero-order valence-electron chi connectivity index (χ0n) is 14.2. The molecule has 1 aliphatic heterocycles. The molecule has 1 unspecified atom stereocenters. The summed E-state index contributed by atoms with van der Waals surface area (Å²) in [5.41, 5.74) is -5.61. The third-order valence-corrected chi connectivity index (χ3v) is 4.78. The Morgan fingerprint density at radius 3 is 2.42 bits per heavy atom. The summed E-state index contributed by atoms with van der Waals surface area (Å²) in [6, 6.07) is 5.69. The van der Waals surface area contributed by atoms with E-state index in [1.165, 1.54) is 25.2 Å².